The van der Waals surface area contributed by atoms with Gasteiger partial charge in [-0.3, -0.25) is 14.4 Å². The minimum atomic E-state index is -0.723. The zero-order chi connectivity index (χ0) is 35.0. The summed E-state index contributed by atoms with van der Waals surface area (Å²) in [6, 6.07) is 29.8. The third-order valence-electron chi connectivity index (χ3n) is 12.4. The van der Waals surface area contributed by atoms with Gasteiger partial charge in [-0.25, -0.2) is 0 Å². The first kappa shape index (κ1) is 35.4. The third kappa shape index (κ3) is 7.94. The molecule has 3 aromatic rings. The van der Waals surface area contributed by atoms with Crippen molar-refractivity contribution in [1.29, 1.82) is 0 Å². The van der Waals surface area contributed by atoms with E-state index in [0.29, 0.717) is 38.4 Å². The number of hydrogen-bond acceptors (Lipinski definition) is 4. The Hall–Kier alpha value is -3.97. The number of amides is 3. The van der Waals surface area contributed by atoms with Gasteiger partial charge in [0, 0.05) is 32.6 Å². The van der Waals surface area contributed by atoms with Crippen molar-refractivity contribution < 1.29 is 14.4 Å². The predicted octanol–water partition coefficient (Wildman–Crippen LogP) is 6.80. The Morgan fingerprint density at radius 3 is 1.67 bits per heavy atom. The van der Waals surface area contributed by atoms with Crippen molar-refractivity contribution in [2.75, 3.05) is 39.3 Å². The lowest BCUT2D eigenvalue weighted by atomic mass is 9.67. The normalized spacial score (nSPS) is 22.3. The fraction of sp³-hybridized carbons (Fsp3) is 0.523. The molecule has 0 aromatic heterocycles. The fourth-order valence-electron chi connectivity index (χ4n) is 9.59. The molecule has 3 saturated heterocycles. The van der Waals surface area contributed by atoms with Gasteiger partial charge in [0.05, 0.1) is 5.41 Å². The number of piperidine rings is 1. The van der Waals surface area contributed by atoms with Crippen LogP contribution in [0.15, 0.2) is 91.0 Å². The van der Waals surface area contributed by atoms with Gasteiger partial charge in [-0.1, -0.05) is 110 Å². The van der Waals surface area contributed by atoms with E-state index in [1.165, 1.54) is 38.6 Å². The first-order chi connectivity index (χ1) is 25.0. The van der Waals surface area contributed by atoms with Gasteiger partial charge in [-0.15, -0.1) is 0 Å². The second kappa shape index (κ2) is 16.6. The SMILES string of the molecule is O=C(NCC1CCN(CC2CCCCC2)CC1)C1CCCN1C(=O)[C@@H]1CCCN1C(=O)CC(c1ccccc1)(c1ccccc1)c1ccccc1. The van der Waals surface area contributed by atoms with Crippen LogP contribution in [-0.2, 0) is 19.8 Å². The van der Waals surface area contributed by atoms with Gasteiger partial charge in [0.15, 0.2) is 0 Å². The average molecular weight is 689 g/mol. The Kier molecular flexibility index (Phi) is 11.5. The van der Waals surface area contributed by atoms with E-state index in [9.17, 15) is 14.4 Å². The number of rotatable bonds is 11. The van der Waals surface area contributed by atoms with E-state index in [-0.39, 0.29) is 24.1 Å². The van der Waals surface area contributed by atoms with Crippen molar-refractivity contribution >= 4 is 17.7 Å². The summed E-state index contributed by atoms with van der Waals surface area (Å²) in [5.74, 6) is 1.23. The molecule has 1 unspecified atom stereocenters. The Morgan fingerprint density at radius 2 is 1.10 bits per heavy atom. The van der Waals surface area contributed by atoms with Gasteiger partial charge < -0.3 is 20.0 Å². The molecule has 3 aliphatic heterocycles. The molecule has 7 heteroatoms. The molecule has 7 rings (SSSR count). The highest BCUT2D eigenvalue weighted by Gasteiger charge is 2.45. The molecule has 1 aliphatic carbocycles. The van der Waals surface area contributed by atoms with Crippen molar-refractivity contribution in [3.8, 4) is 0 Å². The lowest BCUT2D eigenvalue weighted by molar-refractivity contribution is -0.146. The standard InChI is InChI=1S/C44H56N4O3/c49-41(31-44(36-17-7-2-8-18-36,37-19-9-3-10-20-37)38-21-11-4-12-22-38)47-27-14-24-40(47)43(51)48-28-13-23-39(48)42(50)45-32-34-25-29-46(30-26-34)33-35-15-5-1-6-16-35/h2-4,7-12,17-22,34-35,39-40H,1,5-6,13-16,23-33H2,(H,45,50)/t39?,40-/m0/s1. The number of carbonyl (C=O) groups excluding carboxylic acids is 3. The lowest BCUT2D eigenvalue weighted by Crippen LogP contribution is -2.54. The van der Waals surface area contributed by atoms with Crippen LogP contribution in [0.2, 0.25) is 0 Å². The van der Waals surface area contributed by atoms with Crippen LogP contribution in [0.1, 0.15) is 93.7 Å². The summed E-state index contributed by atoms with van der Waals surface area (Å²) in [6.07, 6.45) is 12.3. The molecule has 3 heterocycles. The summed E-state index contributed by atoms with van der Waals surface area (Å²) in [6.45, 7) is 5.28. The average Bonchev–Trinajstić information content (AvgIpc) is 3.89. The zero-order valence-corrected chi connectivity index (χ0v) is 30.3. The minimum absolute atomic E-state index is 0.0300. The summed E-state index contributed by atoms with van der Waals surface area (Å²) in [4.78, 5) is 48.8. The summed E-state index contributed by atoms with van der Waals surface area (Å²) in [5, 5.41) is 3.25. The molecular weight excluding hydrogens is 633 g/mol. The highest BCUT2D eigenvalue weighted by molar-refractivity contribution is 5.93. The largest absolute Gasteiger partial charge is 0.354 e. The second-order valence-electron chi connectivity index (χ2n) is 15.6. The first-order valence-corrected chi connectivity index (χ1v) is 19.8. The molecular formula is C44H56N4O3. The maximum absolute atomic E-state index is 14.6. The molecule has 7 nitrogen and oxygen atoms in total. The molecule has 4 fully saturated rings. The van der Waals surface area contributed by atoms with E-state index in [1.807, 2.05) is 59.5 Å². The van der Waals surface area contributed by atoms with Crippen LogP contribution < -0.4 is 5.32 Å². The quantitative estimate of drug-likeness (QED) is 0.225. The molecule has 1 saturated carbocycles. The molecule has 51 heavy (non-hydrogen) atoms. The van der Waals surface area contributed by atoms with Crippen LogP contribution in [0.25, 0.3) is 0 Å². The van der Waals surface area contributed by atoms with Crippen molar-refractivity contribution in [2.24, 2.45) is 11.8 Å². The number of hydrogen-bond donors (Lipinski definition) is 1. The molecule has 0 bridgehead atoms. The molecule has 1 N–H and O–H groups in total. The third-order valence-corrected chi connectivity index (χ3v) is 12.4. The fourth-order valence-corrected chi connectivity index (χ4v) is 9.59. The van der Waals surface area contributed by atoms with E-state index in [2.05, 4.69) is 46.6 Å². The molecule has 0 spiro atoms. The van der Waals surface area contributed by atoms with Crippen molar-refractivity contribution in [2.45, 2.75) is 94.5 Å². The Bertz CT molecular complexity index is 1490. The van der Waals surface area contributed by atoms with Crippen LogP contribution >= 0.6 is 0 Å². The number of carbonyl (C=O) groups is 3. The van der Waals surface area contributed by atoms with Gasteiger partial charge in [-0.2, -0.15) is 0 Å². The van der Waals surface area contributed by atoms with Crippen molar-refractivity contribution in [3.63, 3.8) is 0 Å². The highest BCUT2D eigenvalue weighted by atomic mass is 16.2. The van der Waals surface area contributed by atoms with Crippen molar-refractivity contribution in [1.82, 2.24) is 20.0 Å². The summed E-state index contributed by atoms with van der Waals surface area (Å²) >= 11 is 0. The second-order valence-corrected chi connectivity index (χ2v) is 15.6. The Labute approximate surface area is 304 Å². The molecule has 0 radical (unpaired) electrons. The maximum atomic E-state index is 14.6. The van der Waals surface area contributed by atoms with Gasteiger partial charge >= 0.3 is 0 Å². The predicted molar refractivity (Wildman–Crippen MR) is 202 cm³/mol. The number of nitrogens with zero attached hydrogens (tertiary/aromatic N) is 3. The molecule has 270 valence electrons. The van der Waals surface area contributed by atoms with E-state index in [1.54, 1.807) is 4.90 Å². The van der Waals surface area contributed by atoms with Crippen molar-refractivity contribution in [3.05, 3.63) is 108 Å². The van der Waals surface area contributed by atoms with Crippen LogP contribution in [-0.4, -0.2) is 83.8 Å². The summed E-state index contributed by atoms with van der Waals surface area (Å²) in [7, 11) is 0. The highest BCUT2D eigenvalue weighted by Crippen LogP contribution is 2.43. The van der Waals surface area contributed by atoms with E-state index in [0.717, 1.165) is 61.4 Å². The van der Waals surface area contributed by atoms with Gasteiger partial charge in [-0.05, 0) is 93.0 Å². The smallest absolute Gasteiger partial charge is 0.246 e. The number of nitrogens with one attached hydrogen (secondary N) is 1. The van der Waals surface area contributed by atoms with Crippen LogP contribution in [0.3, 0.4) is 0 Å². The van der Waals surface area contributed by atoms with Gasteiger partial charge in [0.2, 0.25) is 17.7 Å². The van der Waals surface area contributed by atoms with E-state index >= 15 is 0 Å². The zero-order valence-electron chi connectivity index (χ0n) is 30.3. The Balaban J connectivity index is 1.01. The molecule has 2 atom stereocenters. The van der Waals surface area contributed by atoms with E-state index in [4.69, 9.17) is 0 Å². The molecule has 4 aliphatic rings. The van der Waals surface area contributed by atoms with Gasteiger partial charge in [0.25, 0.3) is 0 Å². The first-order valence-electron chi connectivity index (χ1n) is 19.8. The van der Waals surface area contributed by atoms with E-state index < -0.39 is 17.5 Å². The lowest BCUT2D eigenvalue weighted by Gasteiger charge is -2.38. The summed E-state index contributed by atoms with van der Waals surface area (Å²) < 4.78 is 0. The Morgan fingerprint density at radius 1 is 0.569 bits per heavy atom. The molecule has 3 aromatic carbocycles. The van der Waals surface area contributed by atoms with Crippen LogP contribution in [0.5, 0.6) is 0 Å². The monoisotopic (exact) mass is 688 g/mol. The summed E-state index contributed by atoms with van der Waals surface area (Å²) in [5.41, 5.74) is 2.41. The van der Waals surface area contributed by atoms with Gasteiger partial charge in [0.1, 0.15) is 12.1 Å². The maximum Gasteiger partial charge on any atom is 0.246 e. The molecule has 3 amide bonds. The topological polar surface area (TPSA) is 73.0 Å². The van der Waals surface area contributed by atoms with Crippen LogP contribution in [0, 0.1) is 11.8 Å². The minimum Gasteiger partial charge on any atom is -0.354 e. The number of likely N-dealkylation sites (tertiary alicyclic amines) is 3. The number of benzene rings is 3. The van der Waals surface area contributed by atoms with Crippen LogP contribution in [0.4, 0.5) is 0 Å².